The number of nitrogens with one attached hydrogen (secondary N) is 2. The molecular weight excluding hydrogens is 472 g/mol. The lowest BCUT2D eigenvalue weighted by Crippen LogP contribution is -2.48. The maximum absolute atomic E-state index is 13.3. The third-order valence-electron chi connectivity index (χ3n) is 6.34. The summed E-state index contributed by atoms with van der Waals surface area (Å²) in [6, 6.07) is 2.99. The van der Waals surface area contributed by atoms with Crippen LogP contribution in [0.1, 0.15) is 31.2 Å². The van der Waals surface area contributed by atoms with E-state index >= 15 is 0 Å². The number of rotatable bonds is 7. The van der Waals surface area contributed by atoms with Crippen molar-refractivity contribution < 1.29 is 19.1 Å². The highest BCUT2D eigenvalue weighted by atomic mass is 35.5. The number of fused-ring (bicyclic) bond motifs is 1. The molecule has 0 spiro atoms. The molecule has 0 saturated heterocycles. The number of methoxy groups -OCH3 is 2. The Morgan fingerprint density at radius 3 is 2.66 bits per heavy atom. The zero-order chi connectivity index (χ0) is 25.1. The lowest BCUT2D eigenvalue weighted by Gasteiger charge is -2.35. The summed E-state index contributed by atoms with van der Waals surface area (Å²) in [5, 5.41) is 6.64. The van der Waals surface area contributed by atoms with Crippen LogP contribution < -0.4 is 29.9 Å². The van der Waals surface area contributed by atoms with E-state index in [4.69, 9.17) is 21.1 Å². The monoisotopic (exact) mass is 500 g/mol. The van der Waals surface area contributed by atoms with E-state index in [-0.39, 0.29) is 30.6 Å². The molecule has 1 aromatic heterocycles. The molecule has 186 valence electrons. The molecule has 1 aromatic carbocycles. The average molecular weight is 501 g/mol. The van der Waals surface area contributed by atoms with Gasteiger partial charge in [-0.15, -0.1) is 0 Å². The number of carbonyl (C=O) groups excluding carboxylic acids is 2. The number of benzene rings is 1. The predicted molar refractivity (Wildman–Crippen MR) is 135 cm³/mol. The Labute approximate surface area is 209 Å². The van der Waals surface area contributed by atoms with Crippen molar-refractivity contribution in [3.8, 4) is 11.5 Å². The summed E-state index contributed by atoms with van der Waals surface area (Å²) in [5.41, 5.74) is 1.23. The summed E-state index contributed by atoms with van der Waals surface area (Å²) in [5.74, 6) is 1.64. The average Bonchev–Trinajstić information content (AvgIpc) is 2.87. The van der Waals surface area contributed by atoms with Gasteiger partial charge in [0.25, 0.3) is 0 Å². The van der Waals surface area contributed by atoms with Gasteiger partial charge in [0, 0.05) is 43.0 Å². The lowest BCUT2D eigenvalue weighted by atomic mass is 9.90. The largest absolute Gasteiger partial charge is 0.497 e. The van der Waals surface area contributed by atoms with E-state index in [9.17, 15) is 9.59 Å². The van der Waals surface area contributed by atoms with Crippen LogP contribution in [-0.2, 0) is 11.3 Å². The van der Waals surface area contributed by atoms with Gasteiger partial charge in [-0.1, -0.05) is 31.0 Å². The summed E-state index contributed by atoms with van der Waals surface area (Å²) in [7, 11) is 4.70. The van der Waals surface area contributed by atoms with Crippen LogP contribution in [0, 0.1) is 0 Å². The summed E-state index contributed by atoms with van der Waals surface area (Å²) in [6.07, 6.45) is 6.79. The van der Waals surface area contributed by atoms with E-state index in [1.54, 1.807) is 25.4 Å². The van der Waals surface area contributed by atoms with Gasteiger partial charge in [0.15, 0.2) is 0 Å². The van der Waals surface area contributed by atoms with Gasteiger partial charge in [-0.05, 0) is 18.9 Å². The highest BCUT2D eigenvalue weighted by Crippen LogP contribution is 2.41. The van der Waals surface area contributed by atoms with Gasteiger partial charge in [0.2, 0.25) is 11.9 Å². The second kappa shape index (κ2) is 10.4. The molecule has 1 saturated carbocycles. The molecule has 2 aromatic rings. The molecule has 35 heavy (non-hydrogen) atoms. The van der Waals surface area contributed by atoms with E-state index in [2.05, 4.69) is 27.2 Å². The van der Waals surface area contributed by atoms with Crippen molar-refractivity contribution in [2.75, 3.05) is 36.4 Å². The van der Waals surface area contributed by atoms with Crippen molar-refractivity contribution in [3.05, 3.63) is 41.6 Å². The quantitative estimate of drug-likeness (QED) is 0.557. The molecular formula is C24H29ClN6O4. The first-order valence-corrected chi connectivity index (χ1v) is 11.8. The van der Waals surface area contributed by atoms with Crippen molar-refractivity contribution in [1.82, 2.24) is 15.3 Å². The van der Waals surface area contributed by atoms with Crippen molar-refractivity contribution in [1.29, 1.82) is 0 Å². The minimum atomic E-state index is -0.298. The maximum atomic E-state index is 13.3. The van der Waals surface area contributed by atoms with Gasteiger partial charge < -0.3 is 20.1 Å². The molecule has 0 bridgehead atoms. The maximum Gasteiger partial charge on any atom is 0.330 e. The van der Waals surface area contributed by atoms with Crippen LogP contribution in [-0.4, -0.2) is 55.3 Å². The molecule has 1 aliphatic heterocycles. The number of amides is 3. The SMILES string of the molecule is C=CC(=O)NC1CCCCC1Nc1ncc2c(n1)N(C)C(=O)N(c1cc(OC)cc(OC)c1Cl)C2. The Bertz CT molecular complexity index is 1140. The number of aromatic nitrogens is 2. The van der Waals surface area contributed by atoms with Gasteiger partial charge >= 0.3 is 6.03 Å². The van der Waals surface area contributed by atoms with Crippen LogP contribution in [0.5, 0.6) is 11.5 Å². The smallest absolute Gasteiger partial charge is 0.330 e. The van der Waals surface area contributed by atoms with Crippen molar-refractivity contribution in [2.24, 2.45) is 0 Å². The minimum absolute atomic E-state index is 0.0187. The topological polar surface area (TPSA) is 109 Å². The second-order valence-electron chi connectivity index (χ2n) is 8.49. The summed E-state index contributed by atoms with van der Waals surface area (Å²) >= 11 is 6.53. The molecule has 2 N–H and O–H groups in total. The molecule has 10 nitrogen and oxygen atoms in total. The number of halogens is 1. The number of anilines is 3. The Kier molecular flexibility index (Phi) is 7.30. The number of carbonyl (C=O) groups is 2. The second-order valence-corrected chi connectivity index (χ2v) is 8.87. The van der Waals surface area contributed by atoms with Crippen LogP contribution >= 0.6 is 11.6 Å². The number of ether oxygens (including phenoxy) is 2. The number of urea groups is 1. The van der Waals surface area contributed by atoms with E-state index in [0.29, 0.717) is 34.0 Å². The summed E-state index contributed by atoms with van der Waals surface area (Å²) in [6.45, 7) is 3.76. The summed E-state index contributed by atoms with van der Waals surface area (Å²) in [4.78, 5) is 37.3. The Hall–Kier alpha value is -3.53. The number of hydrogen-bond donors (Lipinski definition) is 2. The van der Waals surface area contributed by atoms with E-state index < -0.39 is 0 Å². The first kappa shape index (κ1) is 24.6. The van der Waals surface area contributed by atoms with Crippen LogP contribution in [0.25, 0.3) is 0 Å². The molecule has 1 aliphatic carbocycles. The number of nitrogens with zero attached hydrogens (tertiary/aromatic N) is 4. The molecule has 3 amide bonds. The van der Waals surface area contributed by atoms with E-state index in [1.807, 2.05) is 0 Å². The van der Waals surface area contributed by atoms with E-state index in [0.717, 1.165) is 31.2 Å². The first-order chi connectivity index (χ1) is 16.9. The molecule has 11 heteroatoms. The Balaban J connectivity index is 1.59. The van der Waals surface area contributed by atoms with Crippen LogP contribution in [0.15, 0.2) is 31.0 Å². The normalized spacial score (nSPS) is 19.6. The van der Waals surface area contributed by atoms with Crippen LogP contribution in [0.4, 0.5) is 22.2 Å². The minimum Gasteiger partial charge on any atom is -0.497 e. The molecule has 2 atom stereocenters. The highest BCUT2D eigenvalue weighted by Gasteiger charge is 2.33. The molecule has 1 fully saturated rings. The Morgan fingerprint density at radius 1 is 1.23 bits per heavy atom. The fourth-order valence-electron chi connectivity index (χ4n) is 4.47. The predicted octanol–water partition coefficient (Wildman–Crippen LogP) is 3.75. The van der Waals surface area contributed by atoms with Gasteiger partial charge in [0.05, 0.1) is 26.5 Å². The highest BCUT2D eigenvalue weighted by molar-refractivity contribution is 6.35. The Morgan fingerprint density at radius 2 is 1.97 bits per heavy atom. The van der Waals surface area contributed by atoms with Crippen LogP contribution in [0.2, 0.25) is 5.02 Å². The molecule has 2 heterocycles. The van der Waals surface area contributed by atoms with Crippen molar-refractivity contribution >= 4 is 41.0 Å². The fourth-order valence-corrected chi connectivity index (χ4v) is 4.76. The zero-order valence-corrected chi connectivity index (χ0v) is 20.8. The van der Waals surface area contributed by atoms with Gasteiger partial charge in [0.1, 0.15) is 22.3 Å². The molecule has 4 rings (SSSR count). The van der Waals surface area contributed by atoms with Crippen molar-refractivity contribution in [2.45, 2.75) is 44.3 Å². The lowest BCUT2D eigenvalue weighted by molar-refractivity contribution is -0.117. The van der Waals surface area contributed by atoms with Gasteiger partial charge in [-0.3, -0.25) is 14.6 Å². The van der Waals surface area contributed by atoms with Gasteiger partial charge in [-0.25, -0.2) is 9.78 Å². The summed E-state index contributed by atoms with van der Waals surface area (Å²) < 4.78 is 10.7. The van der Waals surface area contributed by atoms with Gasteiger partial charge in [-0.2, -0.15) is 4.98 Å². The van der Waals surface area contributed by atoms with Crippen molar-refractivity contribution in [3.63, 3.8) is 0 Å². The standard InChI is InChI=1S/C24H29ClN6O4/c1-5-20(32)27-16-8-6-7-9-17(16)28-23-26-12-14-13-31(24(33)30(2)22(14)29-23)18-10-15(34-3)11-19(35-4)21(18)25/h5,10-12,16-17H,1,6-9,13H2,2-4H3,(H,27,32)(H,26,28,29). The molecule has 2 aliphatic rings. The molecule has 2 unspecified atom stereocenters. The third-order valence-corrected chi connectivity index (χ3v) is 6.72. The van der Waals surface area contributed by atoms with Crippen LogP contribution in [0.3, 0.4) is 0 Å². The zero-order valence-electron chi connectivity index (χ0n) is 20.0. The van der Waals surface area contributed by atoms with E-state index in [1.165, 1.54) is 30.1 Å². The fraction of sp³-hybridized carbons (Fsp3) is 0.417. The third kappa shape index (κ3) is 4.97. The first-order valence-electron chi connectivity index (χ1n) is 11.4. The number of hydrogen-bond acceptors (Lipinski definition) is 7. The molecule has 0 radical (unpaired) electrons.